The van der Waals surface area contributed by atoms with Gasteiger partial charge >= 0.3 is 0 Å². The first-order valence-corrected chi connectivity index (χ1v) is 6.65. The topological polar surface area (TPSA) is 39.1 Å². The second-order valence-electron chi connectivity index (χ2n) is 5.96. The van der Waals surface area contributed by atoms with Crippen LogP contribution in [0, 0.1) is 12.3 Å². The van der Waals surface area contributed by atoms with Gasteiger partial charge in [-0.3, -0.25) is 4.68 Å². The van der Waals surface area contributed by atoms with E-state index in [1.165, 1.54) is 11.3 Å². The van der Waals surface area contributed by atoms with Crippen LogP contribution >= 0.6 is 0 Å². The van der Waals surface area contributed by atoms with Crippen LogP contribution in [0.3, 0.4) is 0 Å². The van der Waals surface area contributed by atoms with Crippen molar-refractivity contribution in [3.8, 4) is 0 Å². The van der Waals surface area contributed by atoms with Gasteiger partial charge in [-0.2, -0.15) is 5.10 Å². The summed E-state index contributed by atoms with van der Waals surface area (Å²) in [5.74, 6) is 0. The number of ether oxygens (including phenoxy) is 1. The molecule has 1 heterocycles. The maximum absolute atomic E-state index is 5.01. The predicted molar refractivity (Wildman–Crippen MR) is 74.6 cm³/mol. The van der Waals surface area contributed by atoms with Gasteiger partial charge < -0.3 is 10.1 Å². The Hall–Kier alpha value is -0.870. The van der Waals surface area contributed by atoms with Gasteiger partial charge in [0.25, 0.3) is 0 Å². The Morgan fingerprint density at radius 3 is 2.72 bits per heavy atom. The molecule has 0 bridgehead atoms. The van der Waals surface area contributed by atoms with Crippen LogP contribution in [0.15, 0.2) is 6.20 Å². The average Bonchev–Trinajstić information content (AvgIpc) is 2.63. The van der Waals surface area contributed by atoms with E-state index < -0.39 is 0 Å². The highest BCUT2D eigenvalue weighted by Crippen LogP contribution is 2.20. The lowest BCUT2D eigenvalue weighted by Gasteiger charge is -2.18. The Bertz CT molecular complexity index is 352. The van der Waals surface area contributed by atoms with Crippen LogP contribution in [0.2, 0.25) is 0 Å². The third-order valence-corrected chi connectivity index (χ3v) is 3.08. The van der Waals surface area contributed by atoms with Gasteiger partial charge in [-0.25, -0.2) is 0 Å². The third-order valence-electron chi connectivity index (χ3n) is 3.08. The van der Waals surface area contributed by atoms with E-state index in [1.54, 1.807) is 7.11 Å². The van der Waals surface area contributed by atoms with E-state index >= 15 is 0 Å². The smallest absolute Gasteiger partial charge is 0.0587 e. The van der Waals surface area contributed by atoms with Gasteiger partial charge in [-0.05, 0) is 18.8 Å². The number of rotatable bonds is 7. The maximum atomic E-state index is 5.01. The summed E-state index contributed by atoms with van der Waals surface area (Å²) in [5.41, 5.74) is 2.90. The summed E-state index contributed by atoms with van der Waals surface area (Å²) in [6.45, 7) is 12.4. The summed E-state index contributed by atoms with van der Waals surface area (Å²) < 4.78 is 7.12. The first kappa shape index (κ1) is 15.2. The SMILES string of the molecule is COCCNCc1cnn(CCC(C)(C)C)c1C. The number of nitrogens with zero attached hydrogens (tertiary/aromatic N) is 2. The van der Waals surface area contributed by atoms with Crippen molar-refractivity contribution in [3.63, 3.8) is 0 Å². The van der Waals surface area contributed by atoms with Crippen molar-refractivity contribution in [1.29, 1.82) is 0 Å². The molecule has 1 N–H and O–H groups in total. The van der Waals surface area contributed by atoms with Crippen LogP contribution in [-0.2, 0) is 17.8 Å². The molecule has 1 aromatic rings. The molecule has 4 heteroatoms. The summed E-state index contributed by atoms with van der Waals surface area (Å²) >= 11 is 0. The van der Waals surface area contributed by atoms with E-state index in [0.717, 1.165) is 32.7 Å². The molecule has 0 saturated carbocycles. The molecule has 104 valence electrons. The quantitative estimate of drug-likeness (QED) is 0.758. The lowest BCUT2D eigenvalue weighted by Crippen LogP contribution is -2.19. The fourth-order valence-corrected chi connectivity index (χ4v) is 1.72. The predicted octanol–water partition coefficient (Wildman–Crippen LogP) is 2.36. The fraction of sp³-hybridized carbons (Fsp3) is 0.786. The molecule has 0 spiro atoms. The molecule has 0 radical (unpaired) electrons. The van der Waals surface area contributed by atoms with E-state index in [4.69, 9.17) is 4.74 Å². The van der Waals surface area contributed by atoms with Crippen molar-refractivity contribution in [3.05, 3.63) is 17.5 Å². The van der Waals surface area contributed by atoms with Gasteiger partial charge in [0.1, 0.15) is 0 Å². The first-order valence-electron chi connectivity index (χ1n) is 6.65. The van der Waals surface area contributed by atoms with E-state index in [0.29, 0.717) is 5.41 Å². The van der Waals surface area contributed by atoms with Crippen molar-refractivity contribution in [1.82, 2.24) is 15.1 Å². The normalized spacial score (nSPS) is 12.1. The molecule has 0 aliphatic rings. The molecule has 0 atom stereocenters. The number of hydrogen-bond donors (Lipinski definition) is 1. The Morgan fingerprint density at radius 1 is 1.39 bits per heavy atom. The minimum Gasteiger partial charge on any atom is -0.383 e. The molecular weight excluding hydrogens is 226 g/mol. The van der Waals surface area contributed by atoms with Crippen LogP contribution in [0.5, 0.6) is 0 Å². The Morgan fingerprint density at radius 2 is 2.11 bits per heavy atom. The molecule has 1 rings (SSSR count). The third kappa shape index (κ3) is 5.19. The molecule has 0 aromatic carbocycles. The first-order chi connectivity index (χ1) is 8.44. The van der Waals surface area contributed by atoms with Crippen LogP contribution in [0.1, 0.15) is 38.4 Å². The molecule has 0 saturated heterocycles. The number of hydrogen-bond acceptors (Lipinski definition) is 3. The number of nitrogens with one attached hydrogen (secondary N) is 1. The van der Waals surface area contributed by atoms with Crippen molar-refractivity contribution in [2.24, 2.45) is 5.41 Å². The molecule has 18 heavy (non-hydrogen) atoms. The van der Waals surface area contributed by atoms with Gasteiger partial charge in [0.2, 0.25) is 0 Å². The van der Waals surface area contributed by atoms with Crippen molar-refractivity contribution in [2.45, 2.75) is 47.2 Å². The molecule has 1 aromatic heterocycles. The van der Waals surface area contributed by atoms with Crippen molar-refractivity contribution < 1.29 is 4.74 Å². The molecule has 0 aliphatic carbocycles. The minimum atomic E-state index is 0.356. The number of aromatic nitrogens is 2. The largest absolute Gasteiger partial charge is 0.383 e. The van der Waals surface area contributed by atoms with Crippen LogP contribution < -0.4 is 5.32 Å². The maximum Gasteiger partial charge on any atom is 0.0587 e. The minimum absolute atomic E-state index is 0.356. The molecule has 4 nitrogen and oxygen atoms in total. The molecule has 0 aliphatic heterocycles. The zero-order valence-corrected chi connectivity index (χ0v) is 12.4. The highest BCUT2D eigenvalue weighted by molar-refractivity contribution is 5.15. The van der Waals surface area contributed by atoms with Crippen molar-refractivity contribution in [2.75, 3.05) is 20.3 Å². The monoisotopic (exact) mass is 253 g/mol. The van der Waals surface area contributed by atoms with E-state index in [-0.39, 0.29) is 0 Å². The van der Waals surface area contributed by atoms with E-state index in [1.807, 2.05) is 6.20 Å². The zero-order chi connectivity index (χ0) is 13.6. The summed E-state index contributed by atoms with van der Waals surface area (Å²) in [7, 11) is 1.72. The lowest BCUT2D eigenvalue weighted by molar-refractivity contribution is 0.199. The number of methoxy groups -OCH3 is 1. The highest BCUT2D eigenvalue weighted by atomic mass is 16.5. The van der Waals surface area contributed by atoms with Gasteiger partial charge in [-0.1, -0.05) is 20.8 Å². The Kier molecular flexibility index (Phi) is 5.82. The van der Waals surface area contributed by atoms with Crippen LogP contribution in [-0.4, -0.2) is 30.0 Å². The van der Waals surface area contributed by atoms with Gasteiger partial charge in [-0.15, -0.1) is 0 Å². The molecule has 0 amide bonds. The van der Waals surface area contributed by atoms with E-state index in [9.17, 15) is 0 Å². The second kappa shape index (κ2) is 6.90. The summed E-state index contributed by atoms with van der Waals surface area (Å²) in [4.78, 5) is 0. The standard InChI is InChI=1S/C14H27N3O/c1-12-13(10-15-7-9-18-5)11-16-17(12)8-6-14(2,3)4/h11,15H,6-10H2,1-5H3. The second-order valence-corrected chi connectivity index (χ2v) is 5.96. The van der Waals surface area contributed by atoms with Gasteiger partial charge in [0, 0.05) is 38.0 Å². The molecule has 0 unspecified atom stereocenters. The Labute approximate surface area is 111 Å². The summed E-state index contributed by atoms with van der Waals surface area (Å²) in [6, 6.07) is 0. The van der Waals surface area contributed by atoms with Crippen molar-refractivity contribution >= 4 is 0 Å². The van der Waals surface area contributed by atoms with Gasteiger partial charge in [0.15, 0.2) is 0 Å². The zero-order valence-electron chi connectivity index (χ0n) is 12.4. The lowest BCUT2D eigenvalue weighted by atomic mass is 9.92. The van der Waals surface area contributed by atoms with E-state index in [2.05, 4.69) is 42.8 Å². The average molecular weight is 253 g/mol. The van der Waals surface area contributed by atoms with Crippen LogP contribution in [0.4, 0.5) is 0 Å². The molecule has 0 fully saturated rings. The number of aryl methyl sites for hydroxylation is 1. The van der Waals surface area contributed by atoms with Crippen LogP contribution in [0.25, 0.3) is 0 Å². The van der Waals surface area contributed by atoms with Gasteiger partial charge in [0.05, 0.1) is 12.8 Å². The highest BCUT2D eigenvalue weighted by Gasteiger charge is 2.12. The summed E-state index contributed by atoms with van der Waals surface area (Å²) in [5, 5.41) is 7.81. The summed E-state index contributed by atoms with van der Waals surface area (Å²) in [6.07, 6.45) is 3.11. The molecular formula is C14H27N3O. The fourth-order valence-electron chi connectivity index (χ4n) is 1.72. The Balaban J connectivity index is 2.45.